The molecule has 3 aromatic rings. The van der Waals surface area contributed by atoms with Crippen molar-refractivity contribution in [2.75, 3.05) is 17.7 Å². The number of carbonyl (C=O) groups excluding carboxylic acids is 2. The van der Waals surface area contributed by atoms with Crippen LogP contribution in [0.3, 0.4) is 0 Å². The van der Waals surface area contributed by atoms with Crippen molar-refractivity contribution in [3.8, 4) is 0 Å². The summed E-state index contributed by atoms with van der Waals surface area (Å²) in [5, 5.41) is 14.0. The number of aromatic amines is 1. The maximum atomic E-state index is 12.2. The van der Waals surface area contributed by atoms with Crippen molar-refractivity contribution in [1.29, 1.82) is 0 Å². The van der Waals surface area contributed by atoms with Gasteiger partial charge in [-0.3, -0.25) is 10.1 Å². The minimum atomic E-state index is -0.652. The van der Waals surface area contributed by atoms with E-state index in [2.05, 4.69) is 30.6 Å². The molecule has 24 heavy (non-hydrogen) atoms. The Morgan fingerprint density at radius 1 is 1.33 bits per heavy atom. The van der Waals surface area contributed by atoms with Gasteiger partial charge in [0.1, 0.15) is 6.54 Å². The molecule has 0 bridgehead atoms. The summed E-state index contributed by atoms with van der Waals surface area (Å²) >= 11 is 0. The highest BCUT2D eigenvalue weighted by Crippen LogP contribution is 2.23. The lowest BCUT2D eigenvalue weighted by Gasteiger charge is -2.06. The summed E-state index contributed by atoms with van der Waals surface area (Å²) in [7, 11) is 1.25. The minimum absolute atomic E-state index is 0.0807. The predicted molar refractivity (Wildman–Crippen MR) is 87.7 cm³/mol. The van der Waals surface area contributed by atoms with Gasteiger partial charge in [0.25, 0.3) is 0 Å². The van der Waals surface area contributed by atoms with Gasteiger partial charge in [-0.1, -0.05) is 6.07 Å². The van der Waals surface area contributed by atoms with Gasteiger partial charge in [0.2, 0.25) is 5.91 Å². The van der Waals surface area contributed by atoms with Crippen LogP contribution in [0.1, 0.15) is 5.69 Å². The minimum Gasteiger partial charge on any atom is -0.453 e. The summed E-state index contributed by atoms with van der Waals surface area (Å²) in [6.07, 6.45) is 0.682. The molecule has 0 radical (unpaired) electrons. The first-order chi connectivity index (χ1) is 11.5. The maximum Gasteiger partial charge on any atom is 0.412 e. The molecule has 0 spiro atoms. The van der Waals surface area contributed by atoms with Crippen molar-refractivity contribution in [2.45, 2.75) is 13.5 Å². The molecule has 3 rings (SSSR count). The van der Waals surface area contributed by atoms with Crippen LogP contribution < -0.4 is 10.6 Å². The number of H-pyrrole nitrogens is 1. The van der Waals surface area contributed by atoms with Crippen LogP contribution in [-0.4, -0.2) is 39.1 Å². The molecule has 2 aromatic heterocycles. The van der Waals surface area contributed by atoms with E-state index in [1.54, 1.807) is 0 Å². The molecule has 3 N–H and O–H groups in total. The molecule has 0 aliphatic rings. The molecule has 2 amide bonds. The van der Waals surface area contributed by atoms with Gasteiger partial charge >= 0.3 is 6.09 Å². The van der Waals surface area contributed by atoms with Crippen LogP contribution in [0, 0.1) is 6.92 Å². The zero-order valence-electron chi connectivity index (χ0n) is 13.2. The molecule has 0 aliphatic carbocycles. The van der Waals surface area contributed by atoms with E-state index in [1.807, 2.05) is 31.2 Å². The molecule has 0 atom stereocenters. The van der Waals surface area contributed by atoms with Gasteiger partial charge in [-0.05, 0) is 25.1 Å². The van der Waals surface area contributed by atoms with Gasteiger partial charge < -0.3 is 15.0 Å². The zero-order chi connectivity index (χ0) is 17.1. The number of ether oxygens (including phenoxy) is 1. The number of nitrogens with zero attached hydrogens (tertiary/aromatic N) is 3. The molecule has 0 unspecified atom stereocenters. The van der Waals surface area contributed by atoms with E-state index in [4.69, 9.17) is 0 Å². The molecule has 0 saturated heterocycles. The summed E-state index contributed by atoms with van der Waals surface area (Å²) in [5.41, 5.74) is 2.67. The van der Waals surface area contributed by atoms with Crippen molar-refractivity contribution < 1.29 is 14.3 Å². The summed E-state index contributed by atoms with van der Waals surface area (Å²) in [6, 6.07) is 7.60. The van der Waals surface area contributed by atoms with Crippen molar-refractivity contribution >= 4 is 34.4 Å². The first kappa shape index (κ1) is 15.5. The Labute approximate surface area is 137 Å². The fraction of sp³-hybridized carbons (Fsp3) is 0.200. The Kier molecular flexibility index (Phi) is 4.15. The van der Waals surface area contributed by atoms with Crippen molar-refractivity contribution in [3.05, 3.63) is 36.2 Å². The Morgan fingerprint density at radius 3 is 2.96 bits per heavy atom. The van der Waals surface area contributed by atoms with Gasteiger partial charge in [-0.25, -0.2) is 4.79 Å². The van der Waals surface area contributed by atoms with Gasteiger partial charge in [-0.2, -0.15) is 9.90 Å². The number of amides is 2. The van der Waals surface area contributed by atoms with Crippen LogP contribution in [-0.2, 0) is 16.1 Å². The average Bonchev–Trinajstić information content (AvgIpc) is 3.13. The monoisotopic (exact) mass is 328 g/mol. The van der Waals surface area contributed by atoms with E-state index in [9.17, 15) is 9.59 Å². The number of aromatic nitrogens is 4. The fourth-order valence-electron chi connectivity index (χ4n) is 2.31. The number of hydrogen-bond donors (Lipinski definition) is 3. The molecule has 0 saturated carbocycles. The number of methoxy groups -OCH3 is 1. The smallest absolute Gasteiger partial charge is 0.412 e. The van der Waals surface area contributed by atoms with Gasteiger partial charge in [0, 0.05) is 16.6 Å². The van der Waals surface area contributed by atoms with Crippen LogP contribution >= 0.6 is 0 Å². The molecule has 0 fully saturated rings. The Morgan fingerprint density at radius 2 is 2.17 bits per heavy atom. The quantitative estimate of drug-likeness (QED) is 0.676. The third-order valence-electron chi connectivity index (χ3n) is 3.31. The molecule has 9 heteroatoms. The highest BCUT2D eigenvalue weighted by atomic mass is 16.5. The van der Waals surface area contributed by atoms with Crippen LogP contribution in [0.15, 0.2) is 30.5 Å². The summed E-state index contributed by atoms with van der Waals surface area (Å²) in [5.74, 6) is -0.0698. The van der Waals surface area contributed by atoms with Crippen LogP contribution in [0.5, 0.6) is 0 Å². The zero-order valence-corrected chi connectivity index (χ0v) is 13.2. The van der Waals surface area contributed by atoms with Crippen molar-refractivity contribution in [3.63, 3.8) is 0 Å². The maximum absolute atomic E-state index is 12.2. The number of aryl methyl sites for hydroxylation is 1. The van der Waals surface area contributed by atoms with Gasteiger partial charge in [0.05, 0.1) is 19.0 Å². The van der Waals surface area contributed by atoms with E-state index < -0.39 is 6.09 Å². The molecule has 9 nitrogen and oxygen atoms in total. The lowest BCUT2D eigenvalue weighted by molar-refractivity contribution is -0.117. The predicted octanol–water partition coefficient (Wildman–Crippen LogP) is 1.88. The van der Waals surface area contributed by atoms with E-state index in [-0.39, 0.29) is 18.3 Å². The van der Waals surface area contributed by atoms with Gasteiger partial charge in [-0.15, -0.1) is 5.10 Å². The summed E-state index contributed by atoms with van der Waals surface area (Å²) in [4.78, 5) is 27.7. The SMILES string of the molecule is COC(=O)Nc1cnn(CC(=O)Nc2cccc3[nH]c(C)cc23)n1. The topological polar surface area (TPSA) is 114 Å². The largest absolute Gasteiger partial charge is 0.453 e. The Hall–Kier alpha value is -3.36. The molecule has 124 valence electrons. The lowest BCUT2D eigenvalue weighted by Crippen LogP contribution is -2.20. The number of benzene rings is 1. The highest BCUT2D eigenvalue weighted by Gasteiger charge is 2.11. The Bertz CT molecular complexity index is 898. The third kappa shape index (κ3) is 3.35. The number of hydrogen-bond acceptors (Lipinski definition) is 5. The number of nitrogens with one attached hydrogen (secondary N) is 3. The normalized spacial score (nSPS) is 10.6. The van der Waals surface area contributed by atoms with Crippen molar-refractivity contribution in [2.24, 2.45) is 0 Å². The molecule has 2 heterocycles. The van der Waals surface area contributed by atoms with E-state index >= 15 is 0 Å². The van der Waals surface area contributed by atoms with E-state index in [0.717, 1.165) is 16.6 Å². The number of rotatable bonds is 4. The third-order valence-corrected chi connectivity index (χ3v) is 3.31. The van der Waals surface area contributed by atoms with E-state index in [1.165, 1.54) is 18.1 Å². The molecular weight excluding hydrogens is 312 g/mol. The standard InChI is InChI=1S/C15H16N6O3/c1-9-6-10-11(17-9)4-3-5-12(10)18-14(22)8-21-16-7-13(20-21)19-15(23)24-2/h3-7,17H,8H2,1-2H3,(H,18,22)(H,19,20,23). The summed E-state index contributed by atoms with van der Waals surface area (Å²) < 4.78 is 4.46. The fourth-order valence-corrected chi connectivity index (χ4v) is 2.31. The average molecular weight is 328 g/mol. The number of fused-ring (bicyclic) bond motifs is 1. The first-order valence-electron chi connectivity index (χ1n) is 7.18. The molecule has 0 aliphatic heterocycles. The second-order valence-corrected chi connectivity index (χ2v) is 5.14. The molecule has 1 aromatic carbocycles. The van der Waals surface area contributed by atoms with Crippen LogP contribution in [0.25, 0.3) is 10.9 Å². The highest BCUT2D eigenvalue weighted by molar-refractivity contribution is 6.01. The van der Waals surface area contributed by atoms with Crippen LogP contribution in [0.4, 0.5) is 16.3 Å². The number of anilines is 2. The lowest BCUT2D eigenvalue weighted by atomic mass is 10.2. The first-order valence-corrected chi connectivity index (χ1v) is 7.18. The van der Waals surface area contributed by atoms with Crippen molar-refractivity contribution in [1.82, 2.24) is 20.0 Å². The summed E-state index contributed by atoms with van der Waals surface area (Å²) in [6.45, 7) is 1.87. The second-order valence-electron chi connectivity index (χ2n) is 5.14. The Balaban J connectivity index is 1.68. The van der Waals surface area contributed by atoms with E-state index in [0.29, 0.717) is 5.69 Å². The second kappa shape index (κ2) is 6.41. The molecular formula is C15H16N6O3. The van der Waals surface area contributed by atoms with Gasteiger partial charge in [0.15, 0.2) is 5.82 Å². The van der Waals surface area contributed by atoms with Crippen LogP contribution in [0.2, 0.25) is 0 Å². The number of carbonyl (C=O) groups is 2.